The lowest BCUT2D eigenvalue weighted by molar-refractivity contribution is -0.159. The summed E-state index contributed by atoms with van der Waals surface area (Å²) in [4.78, 5) is 23.9. The summed E-state index contributed by atoms with van der Waals surface area (Å²) in [6.45, 7) is 2.73. The molecular formula is C18H16F3NO4. The van der Waals surface area contributed by atoms with Crippen LogP contribution in [-0.4, -0.2) is 24.1 Å². The molecular weight excluding hydrogens is 351 g/mol. The van der Waals surface area contributed by atoms with Crippen LogP contribution in [0.2, 0.25) is 0 Å². The molecule has 2 rings (SSSR count). The first-order valence-electron chi connectivity index (χ1n) is 7.65. The molecule has 0 aliphatic heterocycles. The standard InChI is InChI=1S/C18H16F3NO4/c1-10(17(23)22-13-5-8-15(20)16(21)9-13)26-18(24)11(2)25-14-6-3-12(19)4-7-14/h3-11H,1-2H3,(H,22,23)/t10-,11-/m0/s1. The number of hydrogen-bond acceptors (Lipinski definition) is 4. The third-order valence-electron chi connectivity index (χ3n) is 3.31. The molecule has 0 saturated heterocycles. The predicted molar refractivity (Wildman–Crippen MR) is 87.0 cm³/mol. The molecule has 0 aliphatic carbocycles. The highest BCUT2D eigenvalue weighted by Crippen LogP contribution is 2.15. The zero-order valence-electron chi connectivity index (χ0n) is 14.0. The molecule has 2 aromatic carbocycles. The maximum absolute atomic E-state index is 13.1. The van der Waals surface area contributed by atoms with E-state index in [2.05, 4.69) is 5.32 Å². The van der Waals surface area contributed by atoms with Crippen LogP contribution in [0.4, 0.5) is 18.9 Å². The lowest BCUT2D eigenvalue weighted by Crippen LogP contribution is -2.35. The fourth-order valence-corrected chi connectivity index (χ4v) is 1.91. The van der Waals surface area contributed by atoms with Gasteiger partial charge in [0.1, 0.15) is 11.6 Å². The average molecular weight is 367 g/mol. The SMILES string of the molecule is C[C@H](OC(=O)[C@H](C)Oc1ccc(F)cc1)C(=O)Nc1ccc(F)c(F)c1. The fourth-order valence-electron chi connectivity index (χ4n) is 1.91. The van der Waals surface area contributed by atoms with Crippen molar-refractivity contribution in [1.29, 1.82) is 0 Å². The molecule has 2 aromatic rings. The highest BCUT2D eigenvalue weighted by Gasteiger charge is 2.23. The Balaban J connectivity index is 1.89. The summed E-state index contributed by atoms with van der Waals surface area (Å²) in [5.41, 5.74) is 0.0207. The van der Waals surface area contributed by atoms with Crippen LogP contribution in [0.15, 0.2) is 42.5 Å². The van der Waals surface area contributed by atoms with E-state index in [-0.39, 0.29) is 11.4 Å². The highest BCUT2D eigenvalue weighted by atomic mass is 19.2. The number of rotatable bonds is 6. The molecule has 0 heterocycles. The van der Waals surface area contributed by atoms with E-state index in [1.165, 1.54) is 44.2 Å². The molecule has 26 heavy (non-hydrogen) atoms. The van der Waals surface area contributed by atoms with Crippen molar-refractivity contribution in [1.82, 2.24) is 0 Å². The molecule has 0 aliphatic rings. The molecule has 0 spiro atoms. The number of benzene rings is 2. The Morgan fingerprint density at radius 1 is 0.923 bits per heavy atom. The van der Waals surface area contributed by atoms with Gasteiger partial charge in [0.2, 0.25) is 0 Å². The summed E-state index contributed by atoms with van der Waals surface area (Å²) in [5.74, 6) is -3.89. The topological polar surface area (TPSA) is 64.6 Å². The molecule has 138 valence electrons. The molecule has 0 unspecified atom stereocenters. The summed E-state index contributed by atoms with van der Waals surface area (Å²) in [5, 5.41) is 2.30. The van der Waals surface area contributed by atoms with Crippen molar-refractivity contribution < 1.29 is 32.2 Å². The van der Waals surface area contributed by atoms with E-state index >= 15 is 0 Å². The van der Waals surface area contributed by atoms with Crippen LogP contribution in [0.1, 0.15) is 13.8 Å². The zero-order valence-corrected chi connectivity index (χ0v) is 14.0. The van der Waals surface area contributed by atoms with Crippen molar-refractivity contribution in [3.63, 3.8) is 0 Å². The number of carbonyl (C=O) groups is 2. The first-order valence-corrected chi connectivity index (χ1v) is 7.65. The van der Waals surface area contributed by atoms with Crippen molar-refractivity contribution in [2.24, 2.45) is 0 Å². The zero-order chi connectivity index (χ0) is 19.3. The number of nitrogens with one attached hydrogen (secondary N) is 1. The summed E-state index contributed by atoms with van der Waals surface area (Å²) in [7, 11) is 0. The predicted octanol–water partition coefficient (Wildman–Crippen LogP) is 3.44. The summed E-state index contributed by atoms with van der Waals surface area (Å²) in [6.07, 6.45) is -2.24. The normalized spacial score (nSPS) is 12.8. The number of hydrogen-bond donors (Lipinski definition) is 1. The molecule has 5 nitrogen and oxygen atoms in total. The highest BCUT2D eigenvalue weighted by molar-refractivity contribution is 5.95. The van der Waals surface area contributed by atoms with Gasteiger partial charge in [-0.05, 0) is 50.2 Å². The van der Waals surface area contributed by atoms with Gasteiger partial charge in [-0.15, -0.1) is 0 Å². The first kappa shape index (κ1) is 19.3. The number of ether oxygens (including phenoxy) is 2. The molecule has 0 radical (unpaired) electrons. The van der Waals surface area contributed by atoms with Crippen molar-refractivity contribution in [2.75, 3.05) is 5.32 Å². The van der Waals surface area contributed by atoms with Crippen molar-refractivity contribution in [3.05, 3.63) is 59.9 Å². The lowest BCUT2D eigenvalue weighted by Gasteiger charge is -2.18. The van der Waals surface area contributed by atoms with Gasteiger partial charge in [0.05, 0.1) is 0 Å². The minimum atomic E-state index is -1.20. The van der Waals surface area contributed by atoms with Gasteiger partial charge < -0.3 is 14.8 Å². The second-order valence-corrected chi connectivity index (χ2v) is 5.41. The van der Waals surface area contributed by atoms with Crippen LogP contribution in [0.5, 0.6) is 5.75 Å². The van der Waals surface area contributed by atoms with Crippen LogP contribution < -0.4 is 10.1 Å². The molecule has 0 fully saturated rings. The van der Waals surface area contributed by atoms with E-state index < -0.39 is 41.5 Å². The average Bonchev–Trinajstić information content (AvgIpc) is 2.60. The Labute approximate surface area is 147 Å². The number of halogens is 3. The Hall–Kier alpha value is -3.03. The molecule has 0 aromatic heterocycles. The summed E-state index contributed by atoms with van der Waals surface area (Å²) >= 11 is 0. The van der Waals surface area contributed by atoms with Crippen LogP contribution in [0, 0.1) is 17.5 Å². The molecule has 0 bridgehead atoms. The van der Waals surface area contributed by atoms with Crippen LogP contribution in [0.25, 0.3) is 0 Å². The number of amides is 1. The van der Waals surface area contributed by atoms with Gasteiger partial charge in [-0.3, -0.25) is 4.79 Å². The van der Waals surface area contributed by atoms with Crippen LogP contribution in [0.3, 0.4) is 0 Å². The van der Waals surface area contributed by atoms with Gasteiger partial charge in [0, 0.05) is 11.8 Å². The lowest BCUT2D eigenvalue weighted by atomic mass is 10.2. The minimum absolute atomic E-state index is 0.0207. The Bertz CT molecular complexity index is 796. The van der Waals surface area contributed by atoms with Gasteiger partial charge in [-0.1, -0.05) is 0 Å². The monoisotopic (exact) mass is 367 g/mol. The van der Waals surface area contributed by atoms with E-state index in [1.54, 1.807) is 0 Å². The van der Waals surface area contributed by atoms with Gasteiger partial charge >= 0.3 is 5.97 Å². The van der Waals surface area contributed by atoms with E-state index in [9.17, 15) is 22.8 Å². The number of anilines is 1. The third-order valence-corrected chi connectivity index (χ3v) is 3.31. The Kier molecular flexibility index (Phi) is 6.21. The molecule has 0 saturated carbocycles. The van der Waals surface area contributed by atoms with E-state index in [4.69, 9.17) is 9.47 Å². The maximum atomic E-state index is 13.1. The largest absolute Gasteiger partial charge is 0.479 e. The third kappa shape index (κ3) is 5.23. The van der Waals surface area contributed by atoms with Gasteiger partial charge in [-0.2, -0.15) is 0 Å². The summed E-state index contributed by atoms with van der Waals surface area (Å²) < 4.78 is 49.1. The summed E-state index contributed by atoms with van der Waals surface area (Å²) in [6, 6.07) is 7.88. The molecule has 1 N–H and O–H groups in total. The minimum Gasteiger partial charge on any atom is -0.479 e. The Morgan fingerprint density at radius 3 is 2.19 bits per heavy atom. The molecule has 2 atom stereocenters. The molecule has 1 amide bonds. The first-order chi connectivity index (χ1) is 12.3. The van der Waals surface area contributed by atoms with Crippen molar-refractivity contribution >= 4 is 17.6 Å². The smallest absolute Gasteiger partial charge is 0.347 e. The van der Waals surface area contributed by atoms with E-state index in [1.807, 2.05) is 0 Å². The van der Waals surface area contributed by atoms with Crippen molar-refractivity contribution in [2.45, 2.75) is 26.1 Å². The van der Waals surface area contributed by atoms with E-state index in [0.29, 0.717) is 0 Å². The van der Waals surface area contributed by atoms with Gasteiger partial charge in [-0.25, -0.2) is 18.0 Å². The van der Waals surface area contributed by atoms with Gasteiger partial charge in [0.25, 0.3) is 5.91 Å². The second kappa shape index (κ2) is 8.37. The molecule has 8 heteroatoms. The number of esters is 1. The van der Waals surface area contributed by atoms with Crippen molar-refractivity contribution in [3.8, 4) is 5.75 Å². The quantitative estimate of drug-likeness (QED) is 0.795. The van der Waals surface area contributed by atoms with Gasteiger partial charge in [0.15, 0.2) is 23.8 Å². The van der Waals surface area contributed by atoms with E-state index in [0.717, 1.165) is 12.1 Å². The number of carbonyl (C=O) groups excluding carboxylic acids is 2. The maximum Gasteiger partial charge on any atom is 0.347 e. The van der Waals surface area contributed by atoms with Crippen LogP contribution in [-0.2, 0) is 14.3 Å². The fraction of sp³-hybridized carbons (Fsp3) is 0.222. The Morgan fingerprint density at radius 2 is 1.58 bits per heavy atom. The van der Waals surface area contributed by atoms with Crippen LogP contribution >= 0.6 is 0 Å². The second-order valence-electron chi connectivity index (χ2n) is 5.41.